The molecule has 1 aliphatic rings. The summed E-state index contributed by atoms with van der Waals surface area (Å²) in [6.07, 6.45) is 4.86. The standard InChI is InChI=1S/C23H23F3O/c1-3-15-4-9-17(10-5-15)18-11-6-16(7-12-18)8-13-19-14-20(24)23(27-2)22(26)21(19)25/h4-5,9-10,14,16,18H,3,6-7,11-12H2,1-2H3. The Bertz CT molecular complexity index is 854. The maximum atomic E-state index is 14.0. The highest BCUT2D eigenvalue weighted by molar-refractivity contribution is 5.42. The van der Waals surface area contributed by atoms with Crippen molar-refractivity contribution in [3.8, 4) is 17.6 Å². The number of halogens is 3. The Labute approximate surface area is 158 Å². The molecule has 0 aromatic heterocycles. The van der Waals surface area contributed by atoms with Crippen LogP contribution in [0.1, 0.15) is 55.2 Å². The number of hydrogen-bond donors (Lipinski definition) is 0. The van der Waals surface area contributed by atoms with Crippen LogP contribution in [-0.4, -0.2) is 7.11 Å². The molecule has 0 radical (unpaired) electrons. The Hall–Kier alpha value is -2.41. The maximum absolute atomic E-state index is 14.0. The lowest BCUT2D eigenvalue weighted by Gasteiger charge is -2.26. The first-order valence-corrected chi connectivity index (χ1v) is 9.35. The van der Waals surface area contributed by atoms with Gasteiger partial charge in [0.25, 0.3) is 0 Å². The van der Waals surface area contributed by atoms with E-state index in [0.717, 1.165) is 45.3 Å². The van der Waals surface area contributed by atoms with Gasteiger partial charge in [-0.25, -0.2) is 8.78 Å². The van der Waals surface area contributed by atoms with Crippen LogP contribution >= 0.6 is 0 Å². The van der Waals surface area contributed by atoms with E-state index in [4.69, 9.17) is 0 Å². The normalized spacial score (nSPS) is 19.3. The zero-order valence-electron chi connectivity index (χ0n) is 15.6. The second kappa shape index (κ2) is 8.52. The molecule has 1 aliphatic carbocycles. The summed E-state index contributed by atoms with van der Waals surface area (Å²) in [7, 11) is 1.10. The van der Waals surface area contributed by atoms with Crippen LogP contribution in [0, 0.1) is 35.2 Å². The SMILES string of the molecule is CCc1ccc(C2CCC(C#Cc3cc(F)c(OC)c(F)c3F)CC2)cc1. The van der Waals surface area contributed by atoms with Crippen molar-refractivity contribution in [2.75, 3.05) is 7.11 Å². The summed E-state index contributed by atoms with van der Waals surface area (Å²) < 4.78 is 46.1. The van der Waals surface area contributed by atoms with Crippen molar-refractivity contribution in [3.05, 3.63) is 64.5 Å². The van der Waals surface area contributed by atoms with E-state index in [2.05, 4.69) is 47.8 Å². The molecule has 0 amide bonds. The molecule has 0 saturated heterocycles. The highest BCUT2D eigenvalue weighted by Crippen LogP contribution is 2.35. The molecule has 3 rings (SSSR count). The van der Waals surface area contributed by atoms with E-state index in [1.54, 1.807) is 0 Å². The third kappa shape index (κ3) is 4.30. The topological polar surface area (TPSA) is 9.23 Å². The van der Waals surface area contributed by atoms with Gasteiger partial charge in [-0.3, -0.25) is 0 Å². The van der Waals surface area contributed by atoms with Crippen LogP contribution in [0.15, 0.2) is 30.3 Å². The van der Waals surface area contributed by atoms with Crippen molar-refractivity contribution in [2.45, 2.75) is 44.9 Å². The van der Waals surface area contributed by atoms with Crippen LogP contribution in [0.2, 0.25) is 0 Å². The number of benzene rings is 2. The molecule has 27 heavy (non-hydrogen) atoms. The van der Waals surface area contributed by atoms with E-state index in [9.17, 15) is 13.2 Å². The lowest BCUT2D eigenvalue weighted by Crippen LogP contribution is -2.12. The zero-order chi connectivity index (χ0) is 19.4. The first-order valence-electron chi connectivity index (χ1n) is 9.35. The van der Waals surface area contributed by atoms with E-state index in [1.807, 2.05) is 0 Å². The van der Waals surface area contributed by atoms with Gasteiger partial charge in [-0.15, -0.1) is 0 Å². The summed E-state index contributed by atoms with van der Waals surface area (Å²) in [6, 6.07) is 9.65. The van der Waals surface area contributed by atoms with Crippen molar-refractivity contribution >= 4 is 0 Å². The van der Waals surface area contributed by atoms with Crippen molar-refractivity contribution in [3.63, 3.8) is 0 Å². The smallest absolute Gasteiger partial charge is 0.204 e. The van der Waals surface area contributed by atoms with Gasteiger partial charge in [0.2, 0.25) is 5.82 Å². The second-order valence-corrected chi connectivity index (χ2v) is 6.98. The van der Waals surface area contributed by atoms with Crippen LogP contribution < -0.4 is 4.74 Å². The minimum absolute atomic E-state index is 0.115. The molecule has 0 atom stereocenters. The molecule has 4 heteroatoms. The average Bonchev–Trinajstić information content (AvgIpc) is 2.70. The Morgan fingerprint density at radius 2 is 1.67 bits per heavy atom. The maximum Gasteiger partial charge on any atom is 0.204 e. The summed E-state index contributed by atoms with van der Waals surface area (Å²) in [5.74, 6) is 2.10. The fraction of sp³-hybridized carbons (Fsp3) is 0.391. The lowest BCUT2D eigenvalue weighted by molar-refractivity contribution is 0.346. The summed E-state index contributed by atoms with van der Waals surface area (Å²) in [6.45, 7) is 2.14. The molecule has 2 aromatic carbocycles. The molecule has 1 nitrogen and oxygen atoms in total. The Morgan fingerprint density at radius 1 is 1.00 bits per heavy atom. The average molecular weight is 372 g/mol. The van der Waals surface area contributed by atoms with Crippen LogP contribution in [0.3, 0.4) is 0 Å². The van der Waals surface area contributed by atoms with E-state index in [0.29, 0.717) is 5.92 Å². The quantitative estimate of drug-likeness (QED) is 0.474. The van der Waals surface area contributed by atoms with Crippen LogP contribution in [-0.2, 0) is 6.42 Å². The third-order valence-corrected chi connectivity index (χ3v) is 5.32. The predicted octanol–water partition coefficient (Wildman–Crippen LogP) is 6.00. The number of rotatable bonds is 3. The van der Waals surface area contributed by atoms with Crippen LogP contribution in [0.4, 0.5) is 13.2 Å². The van der Waals surface area contributed by atoms with Crippen molar-refractivity contribution < 1.29 is 17.9 Å². The molecule has 0 aliphatic heterocycles. The van der Waals surface area contributed by atoms with Gasteiger partial charge < -0.3 is 4.74 Å². The minimum atomic E-state index is -1.33. The fourth-order valence-corrected chi connectivity index (χ4v) is 3.63. The highest BCUT2D eigenvalue weighted by Gasteiger charge is 2.22. The van der Waals surface area contributed by atoms with Gasteiger partial charge in [0.15, 0.2) is 17.4 Å². The van der Waals surface area contributed by atoms with Gasteiger partial charge in [0, 0.05) is 5.92 Å². The molecular weight excluding hydrogens is 349 g/mol. The summed E-state index contributed by atoms with van der Waals surface area (Å²) in [5.41, 5.74) is 2.42. The molecule has 1 saturated carbocycles. The number of methoxy groups -OCH3 is 1. The van der Waals surface area contributed by atoms with Gasteiger partial charge in [-0.05, 0) is 55.2 Å². The largest absolute Gasteiger partial charge is 0.491 e. The molecule has 2 aromatic rings. The molecule has 142 valence electrons. The molecule has 0 bridgehead atoms. The summed E-state index contributed by atoms with van der Waals surface area (Å²) in [4.78, 5) is 0. The number of aryl methyl sites for hydroxylation is 1. The van der Waals surface area contributed by atoms with Crippen molar-refractivity contribution in [2.24, 2.45) is 5.92 Å². The van der Waals surface area contributed by atoms with Crippen molar-refractivity contribution in [1.29, 1.82) is 0 Å². The fourth-order valence-electron chi connectivity index (χ4n) is 3.63. The molecule has 0 heterocycles. The molecular formula is C23H23F3O. The van der Waals surface area contributed by atoms with E-state index < -0.39 is 23.2 Å². The van der Waals surface area contributed by atoms with Crippen molar-refractivity contribution in [1.82, 2.24) is 0 Å². The van der Waals surface area contributed by atoms with Crippen LogP contribution in [0.5, 0.6) is 5.75 Å². The molecule has 0 spiro atoms. The summed E-state index contributed by atoms with van der Waals surface area (Å²) >= 11 is 0. The summed E-state index contributed by atoms with van der Waals surface area (Å²) in [5, 5.41) is 0. The zero-order valence-corrected chi connectivity index (χ0v) is 15.6. The first kappa shape index (κ1) is 19.4. The minimum Gasteiger partial charge on any atom is -0.491 e. The molecule has 1 fully saturated rings. The predicted molar refractivity (Wildman–Crippen MR) is 100 cm³/mol. The van der Waals surface area contributed by atoms with E-state index in [-0.39, 0.29) is 11.5 Å². The van der Waals surface area contributed by atoms with Gasteiger partial charge in [-0.1, -0.05) is 43.0 Å². The van der Waals surface area contributed by atoms with Gasteiger partial charge in [0.05, 0.1) is 12.7 Å². The highest BCUT2D eigenvalue weighted by atomic mass is 19.2. The monoisotopic (exact) mass is 372 g/mol. The lowest BCUT2D eigenvalue weighted by atomic mass is 9.79. The van der Waals surface area contributed by atoms with Gasteiger partial charge >= 0.3 is 0 Å². The molecule has 0 N–H and O–H groups in total. The third-order valence-electron chi connectivity index (χ3n) is 5.32. The van der Waals surface area contributed by atoms with Gasteiger partial charge in [-0.2, -0.15) is 4.39 Å². The Balaban J connectivity index is 1.66. The number of ether oxygens (including phenoxy) is 1. The first-order chi connectivity index (χ1) is 13.0. The Morgan fingerprint density at radius 3 is 2.26 bits per heavy atom. The van der Waals surface area contributed by atoms with Crippen LogP contribution in [0.25, 0.3) is 0 Å². The van der Waals surface area contributed by atoms with E-state index >= 15 is 0 Å². The molecule has 0 unspecified atom stereocenters. The number of hydrogen-bond acceptors (Lipinski definition) is 1. The van der Waals surface area contributed by atoms with Gasteiger partial charge in [0.1, 0.15) is 0 Å². The second-order valence-electron chi connectivity index (χ2n) is 6.98. The Kier molecular flexibility index (Phi) is 6.11. The van der Waals surface area contributed by atoms with E-state index in [1.165, 1.54) is 11.1 Å².